The number of carbonyl (C=O) groups excluding carboxylic acids is 1. The summed E-state index contributed by atoms with van der Waals surface area (Å²) in [5.41, 5.74) is -0.0551. The summed E-state index contributed by atoms with van der Waals surface area (Å²) in [6.45, 7) is 7.25. The minimum Gasteiger partial charge on any atom is -0.444 e. The van der Waals surface area contributed by atoms with Crippen LogP contribution in [-0.4, -0.2) is 29.7 Å². The molecule has 1 amide bonds. The van der Waals surface area contributed by atoms with Crippen molar-refractivity contribution in [3.05, 3.63) is 0 Å². The Morgan fingerprint density at radius 1 is 1.41 bits per heavy atom. The van der Waals surface area contributed by atoms with Crippen molar-refractivity contribution in [1.82, 2.24) is 4.90 Å². The van der Waals surface area contributed by atoms with E-state index in [1.54, 1.807) is 0 Å². The molecule has 0 unspecified atom stereocenters. The molecule has 0 aromatic rings. The van der Waals surface area contributed by atoms with E-state index >= 15 is 0 Å². The third kappa shape index (κ3) is 2.57. The fourth-order valence-electron chi connectivity index (χ4n) is 2.60. The fraction of sp³-hybridized carbons (Fsp3) is 0.786. The number of rotatable bonds is 0. The van der Waals surface area contributed by atoms with E-state index in [2.05, 4.69) is 5.92 Å². The molecule has 1 aliphatic carbocycles. The predicted molar refractivity (Wildman–Crippen MR) is 66.4 cm³/mol. The number of nitrogens with zero attached hydrogens (tertiary/aromatic N) is 1. The molecule has 1 heterocycles. The van der Waals surface area contributed by atoms with Gasteiger partial charge in [0, 0.05) is 19.0 Å². The lowest BCUT2D eigenvalue weighted by molar-refractivity contribution is 0.0169. The lowest BCUT2D eigenvalue weighted by atomic mass is 9.91. The van der Waals surface area contributed by atoms with Crippen molar-refractivity contribution >= 4 is 6.09 Å². The van der Waals surface area contributed by atoms with E-state index in [1.165, 1.54) is 0 Å². The highest BCUT2D eigenvalue weighted by Gasteiger charge is 2.54. The number of likely N-dealkylation sites (tertiary alicyclic amines) is 1. The highest BCUT2D eigenvalue weighted by molar-refractivity contribution is 5.68. The van der Waals surface area contributed by atoms with Crippen molar-refractivity contribution < 1.29 is 9.53 Å². The van der Waals surface area contributed by atoms with Crippen LogP contribution in [-0.2, 0) is 4.74 Å². The summed E-state index contributed by atoms with van der Waals surface area (Å²) in [7, 11) is 0. The SMILES string of the molecule is C#C[C@H]1CC12CCN(C(=O)OC(C)(C)C)CC2. The molecule has 0 aromatic carbocycles. The molecule has 3 nitrogen and oxygen atoms in total. The Bertz CT molecular complexity index is 353. The molecule has 94 valence electrons. The standard InChI is InChI=1S/C14H21NO2/c1-5-11-10-14(11)6-8-15(9-7-14)12(16)17-13(2,3)4/h1,11H,6-10H2,2-4H3/t11-/m0/s1. The van der Waals surface area contributed by atoms with Crippen LogP contribution in [0.1, 0.15) is 40.0 Å². The maximum atomic E-state index is 11.9. The van der Waals surface area contributed by atoms with Gasteiger partial charge in [-0.1, -0.05) is 0 Å². The molecule has 1 aliphatic heterocycles. The van der Waals surface area contributed by atoms with Gasteiger partial charge in [0.2, 0.25) is 0 Å². The highest BCUT2D eigenvalue weighted by Crippen LogP contribution is 2.58. The number of hydrogen-bond acceptors (Lipinski definition) is 2. The molecule has 0 radical (unpaired) electrons. The molecule has 0 bridgehead atoms. The summed E-state index contributed by atoms with van der Waals surface area (Å²) < 4.78 is 5.37. The van der Waals surface area contributed by atoms with Gasteiger partial charge >= 0.3 is 6.09 Å². The van der Waals surface area contributed by atoms with Crippen molar-refractivity contribution in [2.45, 2.75) is 45.6 Å². The maximum absolute atomic E-state index is 11.9. The molecular formula is C14H21NO2. The molecule has 3 heteroatoms. The van der Waals surface area contributed by atoms with Gasteiger partial charge in [0.25, 0.3) is 0 Å². The smallest absolute Gasteiger partial charge is 0.410 e. The van der Waals surface area contributed by atoms with Gasteiger partial charge in [0.05, 0.1) is 0 Å². The van der Waals surface area contributed by atoms with Gasteiger partial charge in [0.15, 0.2) is 0 Å². The van der Waals surface area contributed by atoms with Crippen molar-refractivity contribution in [3.8, 4) is 12.3 Å². The van der Waals surface area contributed by atoms with E-state index in [4.69, 9.17) is 11.2 Å². The molecule has 0 N–H and O–H groups in total. The van der Waals surface area contributed by atoms with E-state index in [9.17, 15) is 4.79 Å². The van der Waals surface area contributed by atoms with E-state index < -0.39 is 5.60 Å². The first kappa shape index (κ1) is 12.3. The van der Waals surface area contributed by atoms with Crippen LogP contribution >= 0.6 is 0 Å². The van der Waals surface area contributed by atoms with E-state index in [0.29, 0.717) is 11.3 Å². The molecule has 0 aromatic heterocycles. The van der Waals surface area contributed by atoms with E-state index in [1.807, 2.05) is 25.7 Å². The second-order valence-corrected chi connectivity index (χ2v) is 6.25. The van der Waals surface area contributed by atoms with Crippen LogP contribution in [0.3, 0.4) is 0 Å². The van der Waals surface area contributed by atoms with Gasteiger partial charge in [-0.3, -0.25) is 0 Å². The first-order valence-corrected chi connectivity index (χ1v) is 6.30. The number of piperidine rings is 1. The molecule has 1 saturated heterocycles. The summed E-state index contributed by atoms with van der Waals surface area (Å²) in [6, 6.07) is 0. The van der Waals surface area contributed by atoms with Crippen LogP contribution in [0.2, 0.25) is 0 Å². The topological polar surface area (TPSA) is 29.5 Å². The Morgan fingerprint density at radius 3 is 2.41 bits per heavy atom. The fourth-order valence-corrected chi connectivity index (χ4v) is 2.60. The number of carbonyl (C=O) groups is 1. The maximum Gasteiger partial charge on any atom is 0.410 e. The average Bonchev–Trinajstić information content (AvgIpc) is 2.90. The summed E-state index contributed by atoms with van der Waals surface area (Å²) >= 11 is 0. The molecule has 1 saturated carbocycles. The number of hydrogen-bond donors (Lipinski definition) is 0. The quantitative estimate of drug-likeness (QED) is 0.604. The first-order chi connectivity index (χ1) is 7.86. The van der Waals surface area contributed by atoms with Crippen molar-refractivity contribution in [2.75, 3.05) is 13.1 Å². The number of terminal acetylenes is 1. The Labute approximate surface area is 104 Å². The second kappa shape index (κ2) is 3.94. The van der Waals surface area contributed by atoms with Crippen molar-refractivity contribution in [2.24, 2.45) is 11.3 Å². The van der Waals surface area contributed by atoms with Crippen molar-refractivity contribution in [1.29, 1.82) is 0 Å². The molecule has 1 spiro atoms. The Balaban J connectivity index is 1.84. The molecule has 17 heavy (non-hydrogen) atoms. The van der Waals surface area contributed by atoms with Gasteiger partial charge in [0.1, 0.15) is 5.60 Å². The summed E-state index contributed by atoms with van der Waals surface area (Å²) in [4.78, 5) is 13.7. The minimum absolute atomic E-state index is 0.190. The average molecular weight is 235 g/mol. The molecular weight excluding hydrogens is 214 g/mol. The van der Waals surface area contributed by atoms with E-state index in [-0.39, 0.29) is 6.09 Å². The summed E-state index contributed by atoms with van der Waals surface area (Å²) in [5, 5.41) is 0. The molecule has 2 fully saturated rings. The van der Waals surface area contributed by atoms with Crippen LogP contribution < -0.4 is 0 Å². The van der Waals surface area contributed by atoms with E-state index in [0.717, 1.165) is 32.4 Å². The van der Waals surface area contributed by atoms with Gasteiger partial charge in [-0.05, 0) is 45.4 Å². The molecule has 2 rings (SSSR count). The van der Waals surface area contributed by atoms with Crippen LogP contribution in [0.5, 0.6) is 0 Å². The lowest BCUT2D eigenvalue weighted by Crippen LogP contribution is -2.42. The van der Waals surface area contributed by atoms with Crippen LogP contribution in [0.4, 0.5) is 4.79 Å². The molecule has 2 aliphatic rings. The van der Waals surface area contributed by atoms with Gasteiger partial charge in [-0.15, -0.1) is 12.3 Å². The third-order valence-electron chi connectivity index (χ3n) is 3.80. The third-order valence-corrected chi connectivity index (χ3v) is 3.80. The molecule has 1 atom stereocenters. The zero-order valence-electron chi connectivity index (χ0n) is 11.0. The van der Waals surface area contributed by atoms with Gasteiger partial charge < -0.3 is 9.64 Å². The van der Waals surface area contributed by atoms with Crippen LogP contribution in [0.15, 0.2) is 0 Å². The van der Waals surface area contributed by atoms with Gasteiger partial charge in [-0.2, -0.15) is 0 Å². The summed E-state index contributed by atoms with van der Waals surface area (Å²) in [6.07, 6.45) is 8.47. The predicted octanol–water partition coefficient (Wildman–Crippen LogP) is 2.66. The van der Waals surface area contributed by atoms with Crippen molar-refractivity contribution in [3.63, 3.8) is 0 Å². The Kier molecular flexibility index (Phi) is 2.85. The first-order valence-electron chi connectivity index (χ1n) is 6.30. The zero-order chi connectivity index (χ0) is 12.7. The van der Waals surface area contributed by atoms with Gasteiger partial charge in [-0.25, -0.2) is 4.79 Å². The second-order valence-electron chi connectivity index (χ2n) is 6.25. The monoisotopic (exact) mass is 235 g/mol. The largest absolute Gasteiger partial charge is 0.444 e. The lowest BCUT2D eigenvalue weighted by Gasteiger charge is -2.33. The Morgan fingerprint density at radius 2 is 2.00 bits per heavy atom. The number of ether oxygens (including phenoxy) is 1. The Hall–Kier alpha value is -1.17. The van der Waals surface area contributed by atoms with Crippen LogP contribution in [0.25, 0.3) is 0 Å². The highest BCUT2D eigenvalue weighted by atomic mass is 16.6. The normalized spacial score (nSPS) is 26.5. The van der Waals surface area contributed by atoms with Crippen LogP contribution in [0, 0.1) is 23.7 Å². The zero-order valence-corrected chi connectivity index (χ0v) is 11.0. The summed E-state index contributed by atoms with van der Waals surface area (Å²) in [5.74, 6) is 3.29. The minimum atomic E-state index is -0.410. The number of amides is 1.